The summed E-state index contributed by atoms with van der Waals surface area (Å²) in [4.78, 5) is 10.8. The molecule has 158 valence electrons. The van der Waals surface area contributed by atoms with Gasteiger partial charge in [0.15, 0.2) is 5.96 Å². The number of nitrogens with one attached hydrogen (secondary N) is 2. The van der Waals surface area contributed by atoms with E-state index in [1.54, 1.807) is 27.5 Å². The highest BCUT2D eigenvalue weighted by Crippen LogP contribution is 2.33. The maximum Gasteiger partial charge on any atom is 0.218 e. The SMILES string of the molecule is CN=C(NCc1cccnc1OC)NC1CCN(c2cc(Cl)ccc2OC)C1.I. The van der Waals surface area contributed by atoms with Crippen molar-refractivity contribution in [2.75, 3.05) is 39.3 Å². The van der Waals surface area contributed by atoms with Gasteiger partial charge in [-0.1, -0.05) is 17.7 Å². The fraction of sp³-hybridized carbons (Fsp3) is 0.400. The molecule has 9 heteroatoms. The van der Waals surface area contributed by atoms with Crippen molar-refractivity contribution in [3.05, 3.63) is 47.1 Å². The lowest BCUT2D eigenvalue weighted by Crippen LogP contribution is -2.44. The molecule has 1 atom stereocenters. The van der Waals surface area contributed by atoms with Gasteiger partial charge in [-0.2, -0.15) is 0 Å². The van der Waals surface area contributed by atoms with Gasteiger partial charge < -0.3 is 25.0 Å². The van der Waals surface area contributed by atoms with E-state index in [0.29, 0.717) is 17.4 Å². The maximum atomic E-state index is 6.18. The zero-order valence-corrected chi connectivity index (χ0v) is 19.9. The first-order valence-corrected chi connectivity index (χ1v) is 9.56. The Labute approximate surface area is 193 Å². The summed E-state index contributed by atoms with van der Waals surface area (Å²) in [7, 11) is 5.07. The first-order chi connectivity index (χ1) is 13.6. The van der Waals surface area contributed by atoms with E-state index in [-0.39, 0.29) is 30.0 Å². The Kier molecular flexibility index (Phi) is 9.09. The molecule has 29 heavy (non-hydrogen) atoms. The van der Waals surface area contributed by atoms with Gasteiger partial charge in [0.25, 0.3) is 0 Å². The fourth-order valence-electron chi connectivity index (χ4n) is 3.32. The molecular weight excluding hydrogens is 505 g/mol. The smallest absolute Gasteiger partial charge is 0.218 e. The lowest BCUT2D eigenvalue weighted by Gasteiger charge is -2.22. The van der Waals surface area contributed by atoms with Crippen LogP contribution in [0, 0.1) is 0 Å². The highest BCUT2D eigenvalue weighted by Gasteiger charge is 2.25. The van der Waals surface area contributed by atoms with Crippen molar-refractivity contribution in [1.82, 2.24) is 15.6 Å². The molecule has 0 aliphatic carbocycles. The Morgan fingerprint density at radius 2 is 2.14 bits per heavy atom. The van der Waals surface area contributed by atoms with E-state index in [0.717, 1.165) is 42.5 Å². The number of hydrogen-bond donors (Lipinski definition) is 2. The molecule has 2 aromatic rings. The van der Waals surface area contributed by atoms with Crippen molar-refractivity contribution < 1.29 is 9.47 Å². The normalized spacial score (nSPS) is 16.2. The number of nitrogens with zero attached hydrogens (tertiary/aromatic N) is 3. The number of benzene rings is 1. The molecule has 0 bridgehead atoms. The molecule has 1 fully saturated rings. The van der Waals surface area contributed by atoms with Crippen molar-refractivity contribution >= 4 is 47.2 Å². The molecular formula is C20H27ClIN5O2. The highest BCUT2D eigenvalue weighted by molar-refractivity contribution is 14.0. The number of rotatable bonds is 6. The summed E-state index contributed by atoms with van der Waals surface area (Å²) in [5.74, 6) is 2.19. The molecule has 7 nitrogen and oxygen atoms in total. The van der Waals surface area contributed by atoms with E-state index in [4.69, 9.17) is 21.1 Å². The number of methoxy groups -OCH3 is 2. The summed E-state index contributed by atoms with van der Waals surface area (Å²) in [6.45, 7) is 2.34. The lowest BCUT2D eigenvalue weighted by atomic mass is 10.2. The molecule has 0 saturated carbocycles. The fourth-order valence-corrected chi connectivity index (χ4v) is 3.48. The third-order valence-corrected chi connectivity index (χ3v) is 4.96. The van der Waals surface area contributed by atoms with Crippen LogP contribution in [0.15, 0.2) is 41.5 Å². The van der Waals surface area contributed by atoms with Gasteiger partial charge in [0.05, 0.1) is 19.9 Å². The van der Waals surface area contributed by atoms with Crippen LogP contribution in [0.2, 0.25) is 5.02 Å². The average Bonchev–Trinajstić information content (AvgIpc) is 3.19. The molecule has 0 amide bonds. The molecule has 2 heterocycles. The minimum Gasteiger partial charge on any atom is -0.495 e. The minimum absolute atomic E-state index is 0. The quantitative estimate of drug-likeness (QED) is 0.339. The molecule has 1 saturated heterocycles. The van der Waals surface area contributed by atoms with E-state index in [9.17, 15) is 0 Å². The Balaban J connectivity index is 0.00000300. The predicted octanol–water partition coefficient (Wildman–Crippen LogP) is 3.31. The average molecular weight is 532 g/mol. The largest absolute Gasteiger partial charge is 0.495 e. The summed E-state index contributed by atoms with van der Waals surface area (Å²) >= 11 is 6.18. The predicted molar refractivity (Wildman–Crippen MR) is 128 cm³/mol. The van der Waals surface area contributed by atoms with E-state index in [1.165, 1.54) is 0 Å². The van der Waals surface area contributed by atoms with Gasteiger partial charge in [-0.05, 0) is 30.7 Å². The third kappa shape index (κ3) is 6.02. The Hall–Kier alpha value is -1.94. The second-order valence-electron chi connectivity index (χ2n) is 6.49. The summed E-state index contributed by atoms with van der Waals surface area (Å²) < 4.78 is 10.8. The lowest BCUT2D eigenvalue weighted by molar-refractivity contribution is 0.392. The summed E-state index contributed by atoms with van der Waals surface area (Å²) in [6, 6.07) is 9.84. The van der Waals surface area contributed by atoms with Crippen molar-refractivity contribution in [2.24, 2.45) is 4.99 Å². The van der Waals surface area contributed by atoms with Gasteiger partial charge in [-0.15, -0.1) is 24.0 Å². The van der Waals surface area contributed by atoms with Gasteiger partial charge in [0, 0.05) is 49.5 Å². The number of guanidine groups is 1. The number of hydrogen-bond acceptors (Lipinski definition) is 5. The number of aliphatic imine (C=N–C) groups is 1. The van der Waals surface area contributed by atoms with E-state index in [2.05, 4.69) is 25.5 Å². The summed E-state index contributed by atoms with van der Waals surface area (Å²) in [6.07, 6.45) is 2.71. The van der Waals surface area contributed by atoms with E-state index < -0.39 is 0 Å². The second-order valence-corrected chi connectivity index (χ2v) is 6.93. The molecule has 3 rings (SSSR count). The van der Waals surface area contributed by atoms with Crippen LogP contribution in [0.5, 0.6) is 11.6 Å². The van der Waals surface area contributed by atoms with Crippen LogP contribution in [-0.2, 0) is 6.54 Å². The second kappa shape index (κ2) is 11.3. The topological polar surface area (TPSA) is 71.0 Å². The van der Waals surface area contributed by atoms with Gasteiger partial charge in [0.1, 0.15) is 5.75 Å². The molecule has 2 N–H and O–H groups in total. The maximum absolute atomic E-state index is 6.18. The van der Waals surface area contributed by atoms with Crippen LogP contribution < -0.4 is 25.0 Å². The van der Waals surface area contributed by atoms with Crippen molar-refractivity contribution in [2.45, 2.75) is 19.0 Å². The van der Waals surface area contributed by atoms with Crippen LogP contribution in [-0.4, -0.2) is 51.3 Å². The highest BCUT2D eigenvalue weighted by atomic mass is 127. The van der Waals surface area contributed by atoms with E-state index >= 15 is 0 Å². The molecule has 1 aromatic carbocycles. The molecule has 1 aliphatic rings. The summed E-state index contributed by atoms with van der Waals surface area (Å²) in [5.41, 5.74) is 1.99. The number of ether oxygens (including phenoxy) is 2. The summed E-state index contributed by atoms with van der Waals surface area (Å²) in [5, 5.41) is 7.52. The van der Waals surface area contributed by atoms with Crippen molar-refractivity contribution in [1.29, 1.82) is 0 Å². The van der Waals surface area contributed by atoms with Gasteiger partial charge in [-0.3, -0.25) is 4.99 Å². The first-order valence-electron chi connectivity index (χ1n) is 9.18. The van der Waals surface area contributed by atoms with Gasteiger partial charge in [-0.25, -0.2) is 4.98 Å². The molecule has 0 radical (unpaired) electrons. The zero-order valence-electron chi connectivity index (χ0n) is 16.8. The number of anilines is 1. The number of aromatic nitrogens is 1. The Morgan fingerprint density at radius 1 is 1.31 bits per heavy atom. The van der Waals surface area contributed by atoms with Crippen LogP contribution in [0.4, 0.5) is 5.69 Å². The van der Waals surface area contributed by atoms with Crippen LogP contribution >= 0.6 is 35.6 Å². The van der Waals surface area contributed by atoms with E-state index in [1.807, 2.05) is 30.3 Å². The van der Waals surface area contributed by atoms with Crippen molar-refractivity contribution in [3.8, 4) is 11.6 Å². The van der Waals surface area contributed by atoms with Crippen LogP contribution in [0.3, 0.4) is 0 Å². The minimum atomic E-state index is 0. The molecule has 0 spiro atoms. The molecule has 1 unspecified atom stereocenters. The first kappa shape index (κ1) is 23.3. The Bertz CT molecular complexity index is 836. The standard InChI is InChI=1S/C20H26ClN5O2.HI/c1-22-20(24-12-14-5-4-9-23-19(14)28-3)25-16-8-10-26(13-16)17-11-15(21)6-7-18(17)27-2;/h4-7,9,11,16H,8,10,12-13H2,1-3H3,(H2,22,24,25);1H. The van der Waals surface area contributed by atoms with Crippen LogP contribution in [0.25, 0.3) is 0 Å². The van der Waals surface area contributed by atoms with Gasteiger partial charge >= 0.3 is 0 Å². The monoisotopic (exact) mass is 531 g/mol. The Morgan fingerprint density at radius 3 is 2.86 bits per heavy atom. The zero-order chi connectivity index (χ0) is 19.9. The van der Waals surface area contributed by atoms with Crippen molar-refractivity contribution in [3.63, 3.8) is 0 Å². The molecule has 1 aliphatic heterocycles. The number of halogens is 2. The molecule has 1 aromatic heterocycles. The van der Waals surface area contributed by atoms with Gasteiger partial charge in [0.2, 0.25) is 5.88 Å². The number of pyridine rings is 1. The van der Waals surface area contributed by atoms with Crippen LogP contribution in [0.1, 0.15) is 12.0 Å². The third-order valence-electron chi connectivity index (χ3n) is 4.72.